The summed E-state index contributed by atoms with van der Waals surface area (Å²) in [4.78, 5) is 3.31. The Morgan fingerprint density at radius 1 is 1.29 bits per heavy atom. The first-order chi connectivity index (χ1) is 8.38. The minimum Gasteiger partial charge on any atom is -0.497 e. The third kappa shape index (κ3) is 1.83. The molecule has 17 heavy (non-hydrogen) atoms. The molecule has 0 bridgehead atoms. The van der Waals surface area contributed by atoms with Crippen molar-refractivity contribution in [3.8, 4) is 5.75 Å². The molecule has 2 aromatic rings. The molecule has 0 amide bonds. The van der Waals surface area contributed by atoms with Gasteiger partial charge in [0.05, 0.1) is 7.11 Å². The summed E-state index contributed by atoms with van der Waals surface area (Å²) in [5.41, 5.74) is 3.81. The van der Waals surface area contributed by atoms with Crippen molar-refractivity contribution in [1.82, 2.24) is 10.3 Å². The highest BCUT2D eigenvalue weighted by atomic mass is 16.5. The van der Waals surface area contributed by atoms with Crippen LogP contribution in [0, 0.1) is 0 Å². The number of hydrogen-bond donors (Lipinski definition) is 2. The summed E-state index contributed by atoms with van der Waals surface area (Å²) in [6.07, 6.45) is 5.52. The molecular weight excluding hydrogens is 212 g/mol. The summed E-state index contributed by atoms with van der Waals surface area (Å²) in [7, 11) is 1.69. The molecule has 0 saturated heterocycles. The van der Waals surface area contributed by atoms with E-state index in [0.717, 1.165) is 30.8 Å². The van der Waals surface area contributed by atoms with Crippen LogP contribution in [0.3, 0.4) is 0 Å². The second-order valence-corrected chi connectivity index (χ2v) is 4.31. The minimum absolute atomic E-state index is 0.890. The van der Waals surface area contributed by atoms with Gasteiger partial charge in [-0.2, -0.15) is 0 Å². The fraction of sp³-hybridized carbons (Fsp3) is 0.286. The summed E-state index contributed by atoms with van der Waals surface area (Å²) in [5, 5.41) is 4.67. The first-order valence-electron chi connectivity index (χ1n) is 5.94. The zero-order chi connectivity index (χ0) is 11.7. The van der Waals surface area contributed by atoms with Gasteiger partial charge in [0.25, 0.3) is 0 Å². The maximum absolute atomic E-state index is 5.23. The van der Waals surface area contributed by atoms with Gasteiger partial charge in [0.2, 0.25) is 0 Å². The van der Waals surface area contributed by atoms with Crippen LogP contribution in [-0.2, 0) is 0 Å². The number of fused-ring (bicyclic) bond motifs is 1. The van der Waals surface area contributed by atoms with Crippen molar-refractivity contribution in [1.29, 1.82) is 0 Å². The monoisotopic (exact) mass is 228 g/mol. The normalized spacial score (nSPS) is 15.9. The Balaban J connectivity index is 2.08. The van der Waals surface area contributed by atoms with E-state index in [4.69, 9.17) is 4.74 Å². The number of benzene rings is 1. The Hall–Kier alpha value is -1.74. The Bertz CT molecular complexity index is 569. The van der Waals surface area contributed by atoms with Crippen LogP contribution in [-0.4, -0.2) is 25.2 Å². The molecular formula is C14H16N2O. The Kier molecular flexibility index (Phi) is 2.61. The Labute approximate surface area is 100 Å². The van der Waals surface area contributed by atoms with Crippen LogP contribution in [0.5, 0.6) is 5.75 Å². The lowest BCUT2D eigenvalue weighted by atomic mass is 10.0. The summed E-state index contributed by atoms with van der Waals surface area (Å²) >= 11 is 0. The van der Waals surface area contributed by atoms with E-state index in [9.17, 15) is 0 Å². The lowest BCUT2D eigenvalue weighted by Crippen LogP contribution is -2.21. The van der Waals surface area contributed by atoms with Crippen molar-refractivity contribution in [2.24, 2.45) is 0 Å². The molecule has 3 rings (SSSR count). The minimum atomic E-state index is 0.890. The molecule has 2 heterocycles. The number of aromatic nitrogens is 1. The number of methoxy groups -OCH3 is 1. The zero-order valence-electron chi connectivity index (χ0n) is 9.92. The lowest BCUT2D eigenvalue weighted by molar-refractivity contribution is 0.415. The third-order valence-corrected chi connectivity index (χ3v) is 3.26. The lowest BCUT2D eigenvalue weighted by Gasteiger charge is -2.13. The smallest absolute Gasteiger partial charge is 0.120 e. The maximum Gasteiger partial charge on any atom is 0.120 e. The van der Waals surface area contributed by atoms with Crippen molar-refractivity contribution in [2.45, 2.75) is 6.42 Å². The van der Waals surface area contributed by atoms with Gasteiger partial charge < -0.3 is 15.0 Å². The molecule has 1 aliphatic rings. The highest BCUT2D eigenvalue weighted by molar-refractivity contribution is 5.93. The van der Waals surface area contributed by atoms with Crippen LogP contribution < -0.4 is 10.1 Å². The molecule has 0 atom stereocenters. The fourth-order valence-corrected chi connectivity index (χ4v) is 2.35. The van der Waals surface area contributed by atoms with Crippen molar-refractivity contribution in [2.75, 3.05) is 20.2 Å². The van der Waals surface area contributed by atoms with Gasteiger partial charge in [-0.15, -0.1) is 0 Å². The zero-order valence-corrected chi connectivity index (χ0v) is 9.92. The number of nitrogens with one attached hydrogen (secondary N) is 2. The van der Waals surface area contributed by atoms with Gasteiger partial charge in [0.15, 0.2) is 0 Å². The number of hydrogen-bond acceptors (Lipinski definition) is 2. The molecule has 1 aromatic carbocycles. The standard InChI is InChI=1S/C14H16N2O/c1-17-11-4-5-12-13(9-16-14(12)7-11)10-3-2-6-15-8-10/h3-5,7,9,15-16H,2,6,8H2,1H3. The maximum atomic E-state index is 5.23. The van der Waals surface area contributed by atoms with E-state index in [1.807, 2.05) is 12.1 Å². The van der Waals surface area contributed by atoms with Gasteiger partial charge in [-0.25, -0.2) is 0 Å². The molecule has 2 N–H and O–H groups in total. The average Bonchev–Trinajstić information content (AvgIpc) is 2.82. The SMILES string of the molecule is COc1ccc2c(C3=CCCNC3)c[nH]c2c1. The molecule has 88 valence electrons. The number of H-pyrrole nitrogens is 1. The van der Waals surface area contributed by atoms with E-state index in [1.54, 1.807) is 7.11 Å². The molecule has 0 fully saturated rings. The largest absolute Gasteiger partial charge is 0.497 e. The van der Waals surface area contributed by atoms with Crippen molar-refractivity contribution < 1.29 is 4.74 Å². The highest BCUT2D eigenvalue weighted by Gasteiger charge is 2.11. The molecule has 3 heteroatoms. The van der Waals surface area contributed by atoms with Crippen molar-refractivity contribution in [3.63, 3.8) is 0 Å². The summed E-state index contributed by atoms with van der Waals surface area (Å²) in [5.74, 6) is 0.890. The van der Waals surface area contributed by atoms with Gasteiger partial charge >= 0.3 is 0 Å². The Morgan fingerprint density at radius 3 is 3.00 bits per heavy atom. The molecule has 0 radical (unpaired) electrons. The van der Waals surface area contributed by atoms with Crippen LogP contribution in [0.1, 0.15) is 12.0 Å². The summed E-state index contributed by atoms with van der Waals surface area (Å²) < 4.78 is 5.23. The van der Waals surface area contributed by atoms with Crippen LogP contribution in [0.2, 0.25) is 0 Å². The quantitative estimate of drug-likeness (QED) is 0.829. The van der Waals surface area contributed by atoms with Crippen molar-refractivity contribution in [3.05, 3.63) is 36.0 Å². The predicted molar refractivity (Wildman–Crippen MR) is 70.3 cm³/mol. The summed E-state index contributed by atoms with van der Waals surface area (Å²) in [6, 6.07) is 6.17. The van der Waals surface area contributed by atoms with Crippen molar-refractivity contribution >= 4 is 16.5 Å². The average molecular weight is 228 g/mol. The molecule has 1 aromatic heterocycles. The van der Waals surface area contributed by atoms with Gasteiger partial charge in [0.1, 0.15) is 5.75 Å². The highest BCUT2D eigenvalue weighted by Crippen LogP contribution is 2.28. The number of rotatable bonds is 2. The summed E-state index contributed by atoms with van der Waals surface area (Å²) in [6.45, 7) is 2.04. The first kappa shape index (κ1) is 10.4. The predicted octanol–water partition coefficient (Wildman–Crippen LogP) is 2.55. The third-order valence-electron chi connectivity index (χ3n) is 3.26. The van der Waals surface area contributed by atoms with E-state index >= 15 is 0 Å². The van der Waals surface area contributed by atoms with Crippen LogP contribution in [0.25, 0.3) is 16.5 Å². The van der Waals surface area contributed by atoms with E-state index in [0.29, 0.717) is 0 Å². The molecule has 0 spiro atoms. The van der Waals surface area contributed by atoms with Gasteiger partial charge in [0, 0.05) is 35.3 Å². The number of ether oxygens (including phenoxy) is 1. The molecule has 3 nitrogen and oxygen atoms in total. The molecule has 0 saturated carbocycles. The van der Waals surface area contributed by atoms with E-state index in [-0.39, 0.29) is 0 Å². The molecule has 0 aliphatic carbocycles. The van der Waals surface area contributed by atoms with E-state index in [2.05, 4.69) is 28.6 Å². The molecule has 1 aliphatic heterocycles. The second kappa shape index (κ2) is 4.26. The van der Waals surface area contributed by atoms with E-state index < -0.39 is 0 Å². The Morgan fingerprint density at radius 2 is 2.24 bits per heavy atom. The van der Waals surface area contributed by atoms with Crippen LogP contribution >= 0.6 is 0 Å². The first-order valence-corrected chi connectivity index (χ1v) is 5.94. The van der Waals surface area contributed by atoms with Gasteiger partial charge in [-0.05, 0) is 30.7 Å². The van der Waals surface area contributed by atoms with E-state index in [1.165, 1.54) is 16.5 Å². The fourth-order valence-electron chi connectivity index (χ4n) is 2.35. The second-order valence-electron chi connectivity index (χ2n) is 4.31. The van der Waals surface area contributed by atoms with Gasteiger partial charge in [-0.1, -0.05) is 6.08 Å². The topological polar surface area (TPSA) is 37.0 Å². The van der Waals surface area contributed by atoms with Crippen LogP contribution in [0.15, 0.2) is 30.5 Å². The number of aromatic amines is 1. The molecule has 0 unspecified atom stereocenters. The van der Waals surface area contributed by atoms with Crippen LogP contribution in [0.4, 0.5) is 0 Å². The van der Waals surface area contributed by atoms with Gasteiger partial charge in [-0.3, -0.25) is 0 Å².